The van der Waals surface area contributed by atoms with Crippen molar-refractivity contribution in [3.05, 3.63) is 35.7 Å². The van der Waals surface area contributed by atoms with Crippen LogP contribution < -0.4 is 25.8 Å². The first kappa shape index (κ1) is 18.5. The molecule has 1 heterocycles. The molecule has 0 amide bonds. The van der Waals surface area contributed by atoms with E-state index in [4.69, 9.17) is 19.9 Å². The van der Waals surface area contributed by atoms with Crippen LogP contribution in [0.1, 0.15) is 31.2 Å². The Morgan fingerprint density at radius 2 is 2.08 bits per heavy atom. The van der Waals surface area contributed by atoms with Crippen molar-refractivity contribution in [2.75, 3.05) is 27.4 Å². The van der Waals surface area contributed by atoms with Gasteiger partial charge in [0.1, 0.15) is 12.4 Å². The van der Waals surface area contributed by atoms with Gasteiger partial charge in [-0.1, -0.05) is 12.8 Å². The smallest absolute Gasteiger partial charge is 0.210 e. The second-order valence-corrected chi connectivity index (χ2v) is 6.49. The lowest BCUT2D eigenvalue weighted by Crippen LogP contribution is -2.51. The van der Waals surface area contributed by atoms with Gasteiger partial charge in [-0.15, -0.1) is 0 Å². The molecule has 1 atom stereocenters. The summed E-state index contributed by atoms with van der Waals surface area (Å²) < 4.78 is 17.2. The monoisotopic (exact) mass is 360 g/mol. The van der Waals surface area contributed by atoms with Crippen LogP contribution in [-0.4, -0.2) is 39.7 Å². The van der Waals surface area contributed by atoms with Gasteiger partial charge in [0.2, 0.25) is 5.79 Å². The fraction of sp³-hybridized carbons (Fsp3) is 0.526. The molecule has 1 unspecified atom stereocenters. The van der Waals surface area contributed by atoms with Crippen LogP contribution in [0, 0.1) is 0 Å². The lowest BCUT2D eigenvalue weighted by atomic mass is 10.1. The number of benzene rings is 1. The van der Waals surface area contributed by atoms with Crippen molar-refractivity contribution in [3.63, 3.8) is 0 Å². The van der Waals surface area contributed by atoms with Crippen molar-refractivity contribution >= 4 is 6.21 Å². The average molecular weight is 360 g/mol. The number of rotatable bonds is 8. The van der Waals surface area contributed by atoms with E-state index >= 15 is 0 Å². The maximum atomic E-state index is 6.43. The van der Waals surface area contributed by atoms with E-state index in [1.54, 1.807) is 13.3 Å². The molecule has 1 saturated carbocycles. The number of nitrogens with one attached hydrogen (secondary N) is 2. The molecule has 1 aliphatic heterocycles. The number of nitrogens with two attached hydrogens (primary N) is 1. The predicted molar refractivity (Wildman–Crippen MR) is 101 cm³/mol. The third kappa shape index (κ3) is 4.28. The molecule has 7 heteroatoms. The van der Waals surface area contributed by atoms with Gasteiger partial charge in [0.25, 0.3) is 0 Å². The van der Waals surface area contributed by atoms with Gasteiger partial charge in [0.05, 0.1) is 19.8 Å². The van der Waals surface area contributed by atoms with Crippen LogP contribution in [0.25, 0.3) is 0 Å². The van der Waals surface area contributed by atoms with Crippen molar-refractivity contribution in [3.8, 4) is 11.5 Å². The number of ether oxygens (including phenoxy) is 3. The molecule has 0 radical (unpaired) electrons. The molecular formula is C19H28N4O3. The van der Waals surface area contributed by atoms with Crippen LogP contribution >= 0.6 is 0 Å². The summed E-state index contributed by atoms with van der Waals surface area (Å²) in [4.78, 5) is 4.38. The van der Waals surface area contributed by atoms with E-state index < -0.39 is 5.79 Å². The Balaban J connectivity index is 1.66. The number of nitrogens with zero attached hydrogens (tertiary/aromatic N) is 1. The highest BCUT2D eigenvalue weighted by molar-refractivity contribution is 5.73. The van der Waals surface area contributed by atoms with Crippen molar-refractivity contribution in [2.45, 2.75) is 37.6 Å². The van der Waals surface area contributed by atoms with Crippen LogP contribution in [0.4, 0.5) is 0 Å². The second kappa shape index (κ2) is 8.42. The fourth-order valence-corrected chi connectivity index (χ4v) is 3.25. The SMILES string of the molecule is CNC1=CC=NC(N)(c2ccc(OC)c(OCCOC3CCCC3)c2)N1. The van der Waals surface area contributed by atoms with Crippen LogP contribution in [0.3, 0.4) is 0 Å². The minimum Gasteiger partial charge on any atom is -0.493 e. The van der Waals surface area contributed by atoms with Gasteiger partial charge in [0.15, 0.2) is 11.5 Å². The van der Waals surface area contributed by atoms with Crippen molar-refractivity contribution < 1.29 is 14.2 Å². The third-order valence-corrected chi connectivity index (χ3v) is 4.71. The quantitative estimate of drug-likeness (QED) is 0.613. The minimum atomic E-state index is -1.06. The van der Waals surface area contributed by atoms with Gasteiger partial charge in [-0.05, 0) is 37.1 Å². The first-order valence-corrected chi connectivity index (χ1v) is 9.08. The molecule has 26 heavy (non-hydrogen) atoms. The Morgan fingerprint density at radius 3 is 2.81 bits per heavy atom. The molecule has 4 N–H and O–H groups in total. The van der Waals surface area contributed by atoms with E-state index in [0.29, 0.717) is 30.8 Å². The van der Waals surface area contributed by atoms with Crippen molar-refractivity contribution in [2.24, 2.45) is 10.7 Å². The lowest BCUT2D eigenvalue weighted by molar-refractivity contribution is 0.0377. The van der Waals surface area contributed by atoms with E-state index in [9.17, 15) is 0 Å². The molecule has 1 aromatic carbocycles. The van der Waals surface area contributed by atoms with E-state index in [1.165, 1.54) is 12.8 Å². The molecule has 1 aliphatic carbocycles. The van der Waals surface area contributed by atoms with Crippen molar-refractivity contribution in [1.29, 1.82) is 0 Å². The molecule has 0 aromatic heterocycles. The summed E-state index contributed by atoms with van der Waals surface area (Å²) in [5, 5.41) is 6.21. The van der Waals surface area contributed by atoms with Crippen LogP contribution in [-0.2, 0) is 10.5 Å². The normalized spacial score (nSPS) is 22.7. The number of hydrogen-bond acceptors (Lipinski definition) is 7. The summed E-state index contributed by atoms with van der Waals surface area (Å²) in [7, 11) is 3.44. The predicted octanol–water partition coefficient (Wildman–Crippen LogP) is 1.84. The van der Waals surface area contributed by atoms with Gasteiger partial charge in [-0.25, -0.2) is 4.99 Å². The lowest BCUT2D eigenvalue weighted by Gasteiger charge is -2.31. The average Bonchev–Trinajstić information content (AvgIpc) is 3.18. The van der Waals surface area contributed by atoms with Gasteiger partial charge in [-0.3, -0.25) is 5.73 Å². The Hall–Kier alpha value is -2.25. The molecule has 2 aliphatic rings. The van der Waals surface area contributed by atoms with Crippen LogP contribution in [0.15, 0.2) is 35.1 Å². The fourth-order valence-electron chi connectivity index (χ4n) is 3.25. The zero-order chi connectivity index (χ0) is 18.4. The molecule has 142 valence electrons. The molecule has 0 bridgehead atoms. The molecular weight excluding hydrogens is 332 g/mol. The summed E-state index contributed by atoms with van der Waals surface area (Å²) >= 11 is 0. The standard InChI is InChI=1S/C19H28N4O3/c1-21-18-9-10-22-19(20,23-18)14-7-8-16(24-2)17(13-14)26-12-11-25-15-5-3-4-6-15/h7-10,13,15,21,23H,3-6,11-12,20H2,1-2H3. The van der Waals surface area contributed by atoms with Gasteiger partial charge < -0.3 is 24.8 Å². The number of aliphatic imine (C=N–C) groups is 1. The minimum absolute atomic E-state index is 0.381. The summed E-state index contributed by atoms with van der Waals surface area (Å²) in [6, 6.07) is 5.58. The Kier molecular flexibility index (Phi) is 6.00. The summed E-state index contributed by atoms with van der Waals surface area (Å²) in [5.41, 5.74) is 7.21. The Labute approximate surface area is 154 Å². The van der Waals surface area contributed by atoms with Crippen LogP contribution in [0.2, 0.25) is 0 Å². The van der Waals surface area contributed by atoms with E-state index in [-0.39, 0.29) is 0 Å². The van der Waals surface area contributed by atoms with E-state index in [0.717, 1.165) is 24.2 Å². The maximum Gasteiger partial charge on any atom is 0.210 e. The van der Waals surface area contributed by atoms with Crippen LogP contribution in [0.5, 0.6) is 11.5 Å². The zero-order valence-corrected chi connectivity index (χ0v) is 15.5. The van der Waals surface area contributed by atoms with Gasteiger partial charge in [-0.2, -0.15) is 0 Å². The highest BCUT2D eigenvalue weighted by Crippen LogP contribution is 2.32. The molecule has 0 saturated heterocycles. The maximum absolute atomic E-state index is 6.43. The van der Waals surface area contributed by atoms with Gasteiger partial charge in [0, 0.05) is 18.8 Å². The number of methoxy groups -OCH3 is 1. The summed E-state index contributed by atoms with van der Waals surface area (Å²) in [6.45, 7) is 1.03. The van der Waals surface area contributed by atoms with Crippen molar-refractivity contribution in [1.82, 2.24) is 10.6 Å². The van der Waals surface area contributed by atoms with E-state index in [2.05, 4.69) is 15.6 Å². The molecule has 1 fully saturated rings. The highest BCUT2D eigenvalue weighted by atomic mass is 16.5. The first-order valence-electron chi connectivity index (χ1n) is 9.08. The second-order valence-electron chi connectivity index (χ2n) is 6.49. The molecule has 1 aromatic rings. The zero-order valence-electron chi connectivity index (χ0n) is 15.5. The number of allylic oxidation sites excluding steroid dienone is 1. The molecule has 0 spiro atoms. The largest absolute Gasteiger partial charge is 0.493 e. The van der Waals surface area contributed by atoms with Gasteiger partial charge >= 0.3 is 0 Å². The van der Waals surface area contributed by atoms with E-state index in [1.807, 2.05) is 31.3 Å². The highest BCUT2D eigenvalue weighted by Gasteiger charge is 2.29. The first-order chi connectivity index (χ1) is 12.6. The number of hydrogen-bond donors (Lipinski definition) is 3. The summed E-state index contributed by atoms with van der Waals surface area (Å²) in [5.74, 6) is 1.02. The Bertz CT molecular complexity index is 671. The third-order valence-electron chi connectivity index (χ3n) is 4.71. The Morgan fingerprint density at radius 1 is 1.27 bits per heavy atom. The molecule has 7 nitrogen and oxygen atoms in total. The topological polar surface area (TPSA) is 90.1 Å². The summed E-state index contributed by atoms with van der Waals surface area (Å²) in [6.07, 6.45) is 8.72. The molecule has 3 rings (SSSR count).